The van der Waals surface area contributed by atoms with Crippen molar-refractivity contribution in [2.45, 2.75) is 0 Å². The summed E-state index contributed by atoms with van der Waals surface area (Å²) >= 11 is 1.42. The third kappa shape index (κ3) is 1.17. The van der Waals surface area contributed by atoms with Gasteiger partial charge in [0.25, 0.3) is 0 Å². The molecular formula is C9H8N4S. The van der Waals surface area contributed by atoms with Crippen molar-refractivity contribution in [3.8, 4) is 6.07 Å². The van der Waals surface area contributed by atoms with Crippen LogP contribution in [0.2, 0.25) is 0 Å². The minimum Gasteiger partial charge on any atom is -0.385 e. The number of nitrogen functional groups attached to an aromatic ring is 1. The lowest BCUT2D eigenvalue weighted by molar-refractivity contribution is 1.43. The molecule has 0 atom stereocenters. The van der Waals surface area contributed by atoms with Crippen LogP contribution in [0.1, 0.15) is 5.56 Å². The van der Waals surface area contributed by atoms with Crippen LogP contribution in [0.3, 0.4) is 0 Å². The van der Waals surface area contributed by atoms with Crippen molar-refractivity contribution >= 4 is 32.4 Å². The highest BCUT2D eigenvalue weighted by Gasteiger charge is 2.09. The number of nitrogens with two attached hydrogens (primary N) is 1. The van der Waals surface area contributed by atoms with Crippen molar-refractivity contribution in [1.82, 2.24) is 4.98 Å². The van der Waals surface area contributed by atoms with E-state index in [9.17, 15) is 0 Å². The average molecular weight is 204 g/mol. The van der Waals surface area contributed by atoms with Gasteiger partial charge in [-0.2, -0.15) is 5.26 Å². The zero-order valence-electron chi connectivity index (χ0n) is 7.53. The molecule has 0 bridgehead atoms. The molecule has 0 aliphatic rings. The molecule has 70 valence electrons. The van der Waals surface area contributed by atoms with Crippen LogP contribution in [0.25, 0.3) is 10.2 Å². The van der Waals surface area contributed by atoms with Gasteiger partial charge in [-0.05, 0) is 12.1 Å². The summed E-state index contributed by atoms with van der Waals surface area (Å²) in [7, 11) is 1.77. The van der Waals surface area contributed by atoms with Gasteiger partial charge < -0.3 is 11.1 Å². The first kappa shape index (κ1) is 8.78. The average Bonchev–Trinajstić information content (AvgIpc) is 2.56. The molecule has 0 saturated heterocycles. The maximum absolute atomic E-state index is 8.87. The number of benzene rings is 1. The fraction of sp³-hybridized carbons (Fsp3) is 0.111. The molecule has 14 heavy (non-hydrogen) atoms. The van der Waals surface area contributed by atoms with Gasteiger partial charge >= 0.3 is 0 Å². The van der Waals surface area contributed by atoms with E-state index in [4.69, 9.17) is 11.0 Å². The summed E-state index contributed by atoms with van der Waals surface area (Å²) in [6.07, 6.45) is 0. The van der Waals surface area contributed by atoms with Crippen molar-refractivity contribution in [2.75, 3.05) is 18.1 Å². The predicted molar refractivity (Wildman–Crippen MR) is 58.3 cm³/mol. The van der Waals surface area contributed by atoms with Gasteiger partial charge in [-0.25, -0.2) is 4.98 Å². The second-order valence-electron chi connectivity index (χ2n) is 2.75. The molecule has 3 N–H and O–H groups in total. The molecule has 0 spiro atoms. The van der Waals surface area contributed by atoms with Crippen LogP contribution < -0.4 is 11.1 Å². The Balaban J connectivity index is 2.84. The molecule has 2 aromatic rings. The Labute approximate surface area is 85.0 Å². The van der Waals surface area contributed by atoms with Crippen molar-refractivity contribution in [3.63, 3.8) is 0 Å². The summed E-state index contributed by atoms with van der Waals surface area (Å²) in [4.78, 5) is 4.18. The highest BCUT2D eigenvalue weighted by Crippen LogP contribution is 2.31. The topological polar surface area (TPSA) is 74.7 Å². The van der Waals surface area contributed by atoms with E-state index in [1.165, 1.54) is 11.3 Å². The Morgan fingerprint density at radius 3 is 3.00 bits per heavy atom. The number of nitrogens with zero attached hydrogens (tertiary/aromatic N) is 2. The maximum atomic E-state index is 8.87. The lowest BCUT2D eigenvalue weighted by Crippen LogP contribution is -1.93. The molecular weight excluding hydrogens is 196 g/mol. The SMILES string of the molecule is CNc1c(C#N)ccc2sc(N)nc12. The Kier molecular flexibility index (Phi) is 1.98. The van der Waals surface area contributed by atoms with E-state index in [0.717, 1.165) is 15.9 Å². The van der Waals surface area contributed by atoms with Crippen LogP contribution in [-0.4, -0.2) is 12.0 Å². The fourth-order valence-electron chi connectivity index (χ4n) is 1.36. The summed E-state index contributed by atoms with van der Waals surface area (Å²) in [5, 5.41) is 12.4. The molecule has 5 heteroatoms. The van der Waals surface area contributed by atoms with E-state index in [-0.39, 0.29) is 0 Å². The van der Waals surface area contributed by atoms with Gasteiger partial charge in [-0.15, -0.1) is 0 Å². The molecule has 0 aliphatic heterocycles. The van der Waals surface area contributed by atoms with E-state index >= 15 is 0 Å². The van der Waals surface area contributed by atoms with Crippen LogP contribution in [0, 0.1) is 11.3 Å². The summed E-state index contributed by atoms with van der Waals surface area (Å²) in [6, 6.07) is 5.74. The van der Waals surface area contributed by atoms with Crippen molar-refractivity contribution in [3.05, 3.63) is 17.7 Å². The number of nitrogens with one attached hydrogen (secondary N) is 1. The molecule has 0 fully saturated rings. The maximum Gasteiger partial charge on any atom is 0.181 e. The minimum absolute atomic E-state index is 0.520. The number of hydrogen-bond donors (Lipinski definition) is 2. The highest BCUT2D eigenvalue weighted by molar-refractivity contribution is 7.22. The van der Waals surface area contributed by atoms with Crippen molar-refractivity contribution in [1.29, 1.82) is 5.26 Å². The second-order valence-corrected chi connectivity index (χ2v) is 3.81. The zero-order valence-corrected chi connectivity index (χ0v) is 8.35. The number of rotatable bonds is 1. The molecule has 0 radical (unpaired) electrons. The number of hydrogen-bond acceptors (Lipinski definition) is 5. The monoisotopic (exact) mass is 204 g/mol. The minimum atomic E-state index is 0.520. The standard InChI is InChI=1S/C9H8N4S/c1-12-7-5(4-10)2-3-6-8(7)13-9(11)14-6/h2-3,12H,1H3,(H2,11,13). The van der Waals surface area contributed by atoms with Crippen LogP contribution in [0.5, 0.6) is 0 Å². The lowest BCUT2D eigenvalue weighted by atomic mass is 10.2. The molecule has 0 saturated carbocycles. The first-order chi connectivity index (χ1) is 6.76. The molecule has 1 aromatic heterocycles. The zero-order chi connectivity index (χ0) is 10.1. The number of thiazole rings is 1. The van der Waals surface area contributed by atoms with E-state index in [0.29, 0.717) is 10.7 Å². The fourth-order valence-corrected chi connectivity index (χ4v) is 2.10. The first-order valence-corrected chi connectivity index (χ1v) is 4.84. The van der Waals surface area contributed by atoms with Gasteiger partial charge in [0.1, 0.15) is 11.6 Å². The highest BCUT2D eigenvalue weighted by atomic mass is 32.1. The molecule has 0 unspecified atom stereocenters. The summed E-state index contributed by atoms with van der Waals surface area (Å²) in [5.41, 5.74) is 7.71. The molecule has 1 heterocycles. The third-order valence-electron chi connectivity index (χ3n) is 1.95. The summed E-state index contributed by atoms with van der Waals surface area (Å²) < 4.78 is 0.992. The quantitative estimate of drug-likeness (QED) is 0.742. The van der Waals surface area contributed by atoms with Crippen LogP contribution in [0.4, 0.5) is 10.8 Å². The third-order valence-corrected chi connectivity index (χ3v) is 2.80. The second kappa shape index (κ2) is 3.16. The Morgan fingerprint density at radius 1 is 1.57 bits per heavy atom. The van der Waals surface area contributed by atoms with Gasteiger partial charge in [0.15, 0.2) is 5.13 Å². The Hall–Kier alpha value is -1.80. The Bertz CT molecular complexity index is 523. The number of nitriles is 1. The van der Waals surface area contributed by atoms with Gasteiger partial charge in [-0.1, -0.05) is 11.3 Å². The van der Waals surface area contributed by atoms with E-state index in [2.05, 4.69) is 16.4 Å². The van der Waals surface area contributed by atoms with E-state index < -0.39 is 0 Å². The lowest BCUT2D eigenvalue weighted by Gasteiger charge is -2.02. The molecule has 4 nitrogen and oxygen atoms in total. The van der Waals surface area contributed by atoms with Gasteiger partial charge in [0, 0.05) is 7.05 Å². The summed E-state index contributed by atoms with van der Waals surface area (Å²) in [6.45, 7) is 0. The summed E-state index contributed by atoms with van der Waals surface area (Å²) in [5.74, 6) is 0. The number of aromatic nitrogens is 1. The van der Waals surface area contributed by atoms with Gasteiger partial charge in [0.2, 0.25) is 0 Å². The number of anilines is 2. The molecule has 1 aromatic carbocycles. The van der Waals surface area contributed by atoms with Crippen LogP contribution in [-0.2, 0) is 0 Å². The normalized spacial score (nSPS) is 10.0. The predicted octanol–water partition coefficient (Wildman–Crippen LogP) is 1.79. The first-order valence-electron chi connectivity index (χ1n) is 4.03. The van der Waals surface area contributed by atoms with Gasteiger partial charge in [-0.3, -0.25) is 0 Å². The van der Waals surface area contributed by atoms with Crippen LogP contribution >= 0.6 is 11.3 Å². The molecule has 0 aliphatic carbocycles. The molecule has 0 amide bonds. The van der Waals surface area contributed by atoms with E-state index in [1.54, 1.807) is 13.1 Å². The van der Waals surface area contributed by atoms with Crippen molar-refractivity contribution in [2.24, 2.45) is 0 Å². The van der Waals surface area contributed by atoms with E-state index in [1.807, 2.05) is 6.07 Å². The van der Waals surface area contributed by atoms with Crippen LogP contribution in [0.15, 0.2) is 12.1 Å². The molecule has 2 rings (SSSR count). The largest absolute Gasteiger partial charge is 0.385 e. The smallest absolute Gasteiger partial charge is 0.181 e. The number of fused-ring (bicyclic) bond motifs is 1. The van der Waals surface area contributed by atoms with Gasteiger partial charge in [0.05, 0.1) is 16.0 Å². The van der Waals surface area contributed by atoms with Crippen molar-refractivity contribution < 1.29 is 0 Å². The Morgan fingerprint density at radius 2 is 2.36 bits per heavy atom.